The van der Waals surface area contributed by atoms with Crippen molar-refractivity contribution < 1.29 is 15.0 Å². The molecule has 4 nitrogen and oxygen atoms in total. The first-order chi connectivity index (χ1) is 10.6. The normalized spacial score (nSPS) is 11.9. The monoisotopic (exact) mass is 299 g/mol. The summed E-state index contributed by atoms with van der Waals surface area (Å²) >= 11 is 0. The number of amides is 1. The summed E-state index contributed by atoms with van der Waals surface area (Å²) in [6.07, 6.45) is 0.714. The molecule has 1 unspecified atom stereocenters. The van der Waals surface area contributed by atoms with Gasteiger partial charge in [-0.15, -0.1) is 0 Å². The van der Waals surface area contributed by atoms with Crippen LogP contribution in [0.3, 0.4) is 0 Å². The number of hydrogen-bond acceptors (Lipinski definition) is 3. The third kappa shape index (κ3) is 4.09. The van der Waals surface area contributed by atoms with Crippen LogP contribution in [0.25, 0.3) is 0 Å². The van der Waals surface area contributed by atoms with Crippen LogP contribution in [-0.4, -0.2) is 34.7 Å². The van der Waals surface area contributed by atoms with Crippen molar-refractivity contribution in [2.75, 3.05) is 13.7 Å². The summed E-state index contributed by atoms with van der Waals surface area (Å²) in [7, 11) is 1.75. The quantitative estimate of drug-likeness (QED) is 0.861. The molecular weight excluding hydrogens is 278 g/mol. The van der Waals surface area contributed by atoms with Crippen LogP contribution in [0.2, 0.25) is 0 Å². The highest BCUT2D eigenvalue weighted by atomic mass is 16.3. The Morgan fingerprint density at radius 2 is 1.86 bits per heavy atom. The molecule has 0 heterocycles. The number of phenols is 1. The van der Waals surface area contributed by atoms with Crippen molar-refractivity contribution in [2.45, 2.75) is 18.9 Å². The number of hydrogen-bond donors (Lipinski definition) is 2. The van der Waals surface area contributed by atoms with Crippen LogP contribution in [0.1, 0.15) is 23.6 Å². The first-order valence-electron chi connectivity index (χ1n) is 7.31. The number of aliphatic hydroxyl groups is 1. The molecule has 2 aromatic carbocycles. The summed E-state index contributed by atoms with van der Waals surface area (Å²) in [4.78, 5) is 14.1. The highest BCUT2D eigenvalue weighted by Crippen LogP contribution is 2.23. The van der Waals surface area contributed by atoms with E-state index in [1.807, 2.05) is 36.4 Å². The van der Waals surface area contributed by atoms with Gasteiger partial charge in [0.15, 0.2) is 0 Å². The van der Waals surface area contributed by atoms with Crippen molar-refractivity contribution in [3.63, 3.8) is 0 Å². The Bertz CT molecular complexity index is 613. The van der Waals surface area contributed by atoms with Crippen LogP contribution in [-0.2, 0) is 11.2 Å². The number of aromatic hydroxyl groups is 1. The summed E-state index contributed by atoms with van der Waals surface area (Å²) in [5, 5.41) is 18.8. The number of carbonyl (C=O) groups excluding carboxylic acids is 1. The molecule has 0 aromatic heterocycles. The van der Waals surface area contributed by atoms with E-state index in [0.29, 0.717) is 6.42 Å². The Kier molecular flexibility index (Phi) is 5.55. The molecule has 116 valence electrons. The lowest BCUT2D eigenvalue weighted by atomic mass is 10.0. The molecule has 22 heavy (non-hydrogen) atoms. The van der Waals surface area contributed by atoms with Crippen LogP contribution in [0, 0.1) is 0 Å². The molecule has 0 aliphatic heterocycles. The average molecular weight is 299 g/mol. The minimum absolute atomic E-state index is 0.0172. The Morgan fingerprint density at radius 1 is 1.14 bits per heavy atom. The van der Waals surface area contributed by atoms with Gasteiger partial charge in [0, 0.05) is 13.7 Å². The Hall–Kier alpha value is -2.33. The SMILES string of the molecule is CN(C(=O)Cc1cccc(O)c1)C(CCO)c1ccccc1. The van der Waals surface area contributed by atoms with E-state index in [4.69, 9.17) is 0 Å². The summed E-state index contributed by atoms with van der Waals surface area (Å²) in [5.41, 5.74) is 1.77. The lowest BCUT2D eigenvalue weighted by molar-refractivity contribution is -0.131. The van der Waals surface area contributed by atoms with E-state index in [0.717, 1.165) is 11.1 Å². The molecule has 1 atom stereocenters. The molecule has 1 amide bonds. The topological polar surface area (TPSA) is 60.8 Å². The molecule has 2 aromatic rings. The van der Waals surface area contributed by atoms with Gasteiger partial charge in [0.05, 0.1) is 12.5 Å². The second kappa shape index (κ2) is 7.61. The van der Waals surface area contributed by atoms with Gasteiger partial charge in [0.1, 0.15) is 5.75 Å². The number of nitrogens with zero attached hydrogens (tertiary/aromatic N) is 1. The lowest BCUT2D eigenvalue weighted by Gasteiger charge is -2.28. The van der Waals surface area contributed by atoms with E-state index in [-0.39, 0.29) is 30.7 Å². The van der Waals surface area contributed by atoms with Crippen LogP contribution in [0.15, 0.2) is 54.6 Å². The molecule has 2 rings (SSSR count). The fourth-order valence-corrected chi connectivity index (χ4v) is 2.52. The first kappa shape index (κ1) is 16.0. The highest BCUT2D eigenvalue weighted by molar-refractivity contribution is 5.79. The molecule has 0 saturated carbocycles. The van der Waals surface area contributed by atoms with Crippen LogP contribution >= 0.6 is 0 Å². The van der Waals surface area contributed by atoms with Gasteiger partial charge in [-0.3, -0.25) is 4.79 Å². The smallest absolute Gasteiger partial charge is 0.227 e. The van der Waals surface area contributed by atoms with Crippen molar-refractivity contribution in [3.8, 4) is 5.75 Å². The van der Waals surface area contributed by atoms with E-state index in [2.05, 4.69) is 0 Å². The number of phenolic OH excluding ortho intramolecular Hbond substituents is 1. The largest absolute Gasteiger partial charge is 0.508 e. The molecule has 0 bridgehead atoms. The average Bonchev–Trinajstić information content (AvgIpc) is 2.53. The number of rotatable bonds is 6. The van der Waals surface area contributed by atoms with Gasteiger partial charge >= 0.3 is 0 Å². The Balaban J connectivity index is 2.12. The number of aliphatic hydroxyl groups excluding tert-OH is 1. The van der Waals surface area contributed by atoms with E-state index in [1.54, 1.807) is 30.1 Å². The van der Waals surface area contributed by atoms with Gasteiger partial charge in [-0.25, -0.2) is 0 Å². The summed E-state index contributed by atoms with van der Waals surface area (Å²) in [6, 6.07) is 16.2. The maximum absolute atomic E-state index is 12.5. The van der Waals surface area contributed by atoms with E-state index in [9.17, 15) is 15.0 Å². The van der Waals surface area contributed by atoms with Gasteiger partial charge in [0.25, 0.3) is 0 Å². The van der Waals surface area contributed by atoms with Crippen LogP contribution in [0.5, 0.6) is 5.75 Å². The minimum Gasteiger partial charge on any atom is -0.508 e. The van der Waals surface area contributed by atoms with Gasteiger partial charge in [0.2, 0.25) is 5.91 Å². The summed E-state index contributed by atoms with van der Waals surface area (Å²) < 4.78 is 0. The zero-order valence-corrected chi connectivity index (χ0v) is 12.6. The molecule has 0 saturated heterocycles. The number of benzene rings is 2. The second-order valence-corrected chi connectivity index (χ2v) is 5.29. The standard InChI is InChI=1S/C18H21NO3/c1-19(17(10-11-20)15-7-3-2-4-8-15)18(22)13-14-6-5-9-16(21)12-14/h2-9,12,17,20-21H,10-11,13H2,1H3. The lowest BCUT2D eigenvalue weighted by Crippen LogP contribution is -2.33. The first-order valence-corrected chi connectivity index (χ1v) is 7.31. The molecule has 0 aliphatic rings. The molecule has 0 spiro atoms. The highest BCUT2D eigenvalue weighted by Gasteiger charge is 2.21. The molecule has 2 N–H and O–H groups in total. The number of likely N-dealkylation sites (N-methyl/N-ethyl adjacent to an activating group) is 1. The van der Waals surface area contributed by atoms with Crippen molar-refractivity contribution >= 4 is 5.91 Å². The van der Waals surface area contributed by atoms with Gasteiger partial charge in [-0.05, 0) is 29.7 Å². The van der Waals surface area contributed by atoms with Gasteiger partial charge in [-0.1, -0.05) is 42.5 Å². The maximum Gasteiger partial charge on any atom is 0.227 e. The van der Waals surface area contributed by atoms with E-state index in [1.165, 1.54) is 0 Å². The molecule has 0 radical (unpaired) electrons. The zero-order valence-electron chi connectivity index (χ0n) is 12.6. The summed E-state index contributed by atoms with van der Waals surface area (Å²) in [6.45, 7) is 0.0172. The Morgan fingerprint density at radius 3 is 2.50 bits per heavy atom. The predicted octanol–water partition coefficient (Wildman–Crippen LogP) is 2.52. The van der Waals surface area contributed by atoms with Gasteiger partial charge < -0.3 is 15.1 Å². The predicted molar refractivity (Wildman–Crippen MR) is 85.5 cm³/mol. The van der Waals surface area contributed by atoms with Crippen LogP contribution < -0.4 is 0 Å². The minimum atomic E-state index is -0.156. The third-order valence-electron chi connectivity index (χ3n) is 3.71. The number of carbonyl (C=O) groups is 1. The van der Waals surface area contributed by atoms with Crippen molar-refractivity contribution in [1.82, 2.24) is 4.90 Å². The fraction of sp³-hybridized carbons (Fsp3) is 0.278. The Labute approximate surface area is 130 Å². The van der Waals surface area contributed by atoms with E-state index < -0.39 is 0 Å². The molecule has 0 fully saturated rings. The molecular formula is C18H21NO3. The molecule has 0 aliphatic carbocycles. The molecule has 4 heteroatoms. The van der Waals surface area contributed by atoms with Crippen LogP contribution in [0.4, 0.5) is 0 Å². The summed E-state index contributed by atoms with van der Waals surface area (Å²) in [5.74, 6) is 0.107. The van der Waals surface area contributed by atoms with Crippen molar-refractivity contribution in [2.24, 2.45) is 0 Å². The van der Waals surface area contributed by atoms with Crippen molar-refractivity contribution in [3.05, 3.63) is 65.7 Å². The maximum atomic E-state index is 12.5. The second-order valence-electron chi connectivity index (χ2n) is 5.29. The fourth-order valence-electron chi connectivity index (χ4n) is 2.52. The van der Waals surface area contributed by atoms with E-state index >= 15 is 0 Å². The van der Waals surface area contributed by atoms with Gasteiger partial charge in [-0.2, -0.15) is 0 Å². The third-order valence-corrected chi connectivity index (χ3v) is 3.71. The zero-order chi connectivity index (χ0) is 15.9. The van der Waals surface area contributed by atoms with Crippen molar-refractivity contribution in [1.29, 1.82) is 0 Å².